The molecule has 0 saturated heterocycles. The van der Waals surface area contributed by atoms with Gasteiger partial charge in [0.15, 0.2) is 17.5 Å². The number of hydrogen-bond donors (Lipinski definition) is 0. The molecule has 0 bridgehead atoms. The molecule has 0 N–H and O–H groups in total. The van der Waals surface area contributed by atoms with Gasteiger partial charge in [0.1, 0.15) is 0 Å². The molecule has 5 heteroatoms. The zero-order valence-electron chi connectivity index (χ0n) is 26.7. The standard InChI is InChI=1S/C45H27N3S2/c1-4-14-28(15-5-1)31-26-36(40-33-20-10-11-24-37(33)49-39(40)27-31)32-21-12-22-34-41-35(23-13-25-38(41)50-42(32)34)45-47-43(29-16-6-2-7-17-29)46-44(48-45)30-18-8-3-9-19-30/h1-27H. The lowest BCUT2D eigenvalue weighted by molar-refractivity contribution is 1.08. The lowest BCUT2D eigenvalue weighted by Gasteiger charge is -2.11. The van der Waals surface area contributed by atoms with Crippen molar-refractivity contribution in [3.05, 3.63) is 164 Å². The Kier molecular flexibility index (Phi) is 6.86. The number of thiophene rings is 2. The minimum Gasteiger partial charge on any atom is -0.208 e. The fourth-order valence-corrected chi connectivity index (χ4v) is 9.47. The van der Waals surface area contributed by atoms with E-state index in [1.807, 2.05) is 59.1 Å². The second-order valence-corrected chi connectivity index (χ2v) is 14.5. The fraction of sp³-hybridized carbons (Fsp3) is 0. The molecule has 3 heterocycles. The van der Waals surface area contributed by atoms with Gasteiger partial charge in [-0.2, -0.15) is 0 Å². The van der Waals surface area contributed by atoms with Crippen LogP contribution in [0.3, 0.4) is 0 Å². The van der Waals surface area contributed by atoms with Crippen molar-refractivity contribution in [3.8, 4) is 56.4 Å². The smallest absolute Gasteiger partial charge is 0.164 e. The van der Waals surface area contributed by atoms with Gasteiger partial charge in [0.05, 0.1) is 0 Å². The van der Waals surface area contributed by atoms with Gasteiger partial charge >= 0.3 is 0 Å². The van der Waals surface area contributed by atoms with E-state index >= 15 is 0 Å². The molecule has 0 saturated carbocycles. The minimum absolute atomic E-state index is 0.663. The van der Waals surface area contributed by atoms with Crippen molar-refractivity contribution in [2.24, 2.45) is 0 Å². The van der Waals surface area contributed by atoms with Crippen LogP contribution in [0.2, 0.25) is 0 Å². The van der Waals surface area contributed by atoms with Crippen LogP contribution in [0.1, 0.15) is 0 Å². The van der Waals surface area contributed by atoms with Gasteiger partial charge in [-0.15, -0.1) is 22.7 Å². The molecule has 0 aliphatic heterocycles. The van der Waals surface area contributed by atoms with Gasteiger partial charge in [0, 0.05) is 62.6 Å². The summed E-state index contributed by atoms with van der Waals surface area (Å²) in [5.41, 5.74) is 7.88. The Morgan fingerprint density at radius 3 is 1.58 bits per heavy atom. The molecule has 7 aromatic carbocycles. The van der Waals surface area contributed by atoms with E-state index in [2.05, 4.69) is 127 Å². The highest BCUT2D eigenvalue weighted by Crippen LogP contribution is 2.48. The molecule has 10 aromatic rings. The maximum Gasteiger partial charge on any atom is 0.164 e. The summed E-state index contributed by atoms with van der Waals surface area (Å²) >= 11 is 3.71. The van der Waals surface area contributed by atoms with Crippen molar-refractivity contribution in [1.29, 1.82) is 0 Å². The summed E-state index contributed by atoms with van der Waals surface area (Å²) < 4.78 is 5.07. The Morgan fingerprint density at radius 1 is 0.320 bits per heavy atom. The maximum absolute atomic E-state index is 5.11. The minimum atomic E-state index is 0.663. The Morgan fingerprint density at radius 2 is 0.860 bits per heavy atom. The Labute approximate surface area is 296 Å². The molecule has 0 atom stereocenters. The normalized spacial score (nSPS) is 11.6. The fourth-order valence-electron chi connectivity index (χ4n) is 7.04. The molecule has 234 valence electrons. The van der Waals surface area contributed by atoms with Crippen LogP contribution in [-0.2, 0) is 0 Å². The van der Waals surface area contributed by atoms with Crippen LogP contribution in [0.15, 0.2) is 164 Å². The van der Waals surface area contributed by atoms with E-state index in [9.17, 15) is 0 Å². The average Bonchev–Trinajstić information content (AvgIpc) is 3.77. The predicted octanol–water partition coefficient (Wildman–Crippen LogP) is 12.9. The first kappa shape index (κ1) is 29.0. The first-order valence-electron chi connectivity index (χ1n) is 16.6. The molecule has 0 radical (unpaired) electrons. The van der Waals surface area contributed by atoms with E-state index in [-0.39, 0.29) is 0 Å². The van der Waals surface area contributed by atoms with Crippen LogP contribution in [0, 0.1) is 0 Å². The van der Waals surface area contributed by atoms with Crippen LogP contribution in [-0.4, -0.2) is 15.0 Å². The van der Waals surface area contributed by atoms with Crippen LogP contribution >= 0.6 is 22.7 Å². The molecule has 0 aliphatic rings. The quantitative estimate of drug-likeness (QED) is 0.182. The van der Waals surface area contributed by atoms with E-state index in [1.165, 1.54) is 62.6 Å². The van der Waals surface area contributed by atoms with Crippen LogP contribution in [0.5, 0.6) is 0 Å². The maximum atomic E-state index is 5.11. The molecule has 0 aliphatic carbocycles. The summed E-state index contributed by atoms with van der Waals surface area (Å²) in [6.45, 7) is 0. The van der Waals surface area contributed by atoms with Gasteiger partial charge in [-0.25, -0.2) is 15.0 Å². The molecular formula is C45H27N3S2. The van der Waals surface area contributed by atoms with Gasteiger partial charge in [0.2, 0.25) is 0 Å². The van der Waals surface area contributed by atoms with E-state index < -0.39 is 0 Å². The van der Waals surface area contributed by atoms with Gasteiger partial charge in [-0.1, -0.05) is 140 Å². The van der Waals surface area contributed by atoms with Crippen molar-refractivity contribution in [2.45, 2.75) is 0 Å². The Balaban J connectivity index is 1.24. The van der Waals surface area contributed by atoms with Gasteiger partial charge in [-0.3, -0.25) is 0 Å². The molecule has 0 spiro atoms. The van der Waals surface area contributed by atoms with E-state index in [0.29, 0.717) is 17.5 Å². The molecule has 3 nitrogen and oxygen atoms in total. The molecule has 0 amide bonds. The summed E-state index contributed by atoms with van der Waals surface area (Å²) in [5.74, 6) is 2.00. The number of rotatable bonds is 5. The molecule has 0 fully saturated rings. The molecule has 3 aromatic heterocycles. The summed E-state index contributed by atoms with van der Waals surface area (Å²) in [4.78, 5) is 15.2. The highest BCUT2D eigenvalue weighted by molar-refractivity contribution is 7.27. The third-order valence-corrected chi connectivity index (χ3v) is 11.7. The summed E-state index contributed by atoms with van der Waals surface area (Å²) in [5, 5.41) is 4.99. The van der Waals surface area contributed by atoms with Crippen LogP contribution in [0.4, 0.5) is 0 Å². The lowest BCUT2D eigenvalue weighted by atomic mass is 9.93. The monoisotopic (exact) mass is 673 g/mol. The molecule has 10 rings (SSSR count). The molecular weight excluding hydrogens is 647 g/mol. The van der Waals surface area contributed by atoms with Gasteiger partial charge < -0.3 is 0 Å². The van der Waals surface area contributed by atoms with Crippen LogP contribution in [0.25, 0.3) is 96.8 Å². The molecule has 50 heavy (non-hydrogen) atoms. The number of aromatic nitrogens is 3. The lowest BCUT2D eigenvalue weighted by Crippen LogP contribution is -2.00. The van der Waals surface area contributed by atoms with E-state index in [1.54, 1.807) is 0 Å². The number of hydrogen-bond acceptors (Lipinski definition) is 5. The number of benzene rings is 7. The topological polar surface area (TPSA) is 38.7 Å². The van der Waals surface area contributed by atoms with Gasteiger partial charge in [-0.05, 0) is 41.0 Å². The highest BCUT2D eigenvalue weighted by Gasteiger charge is 2.20. The first-order valence-corrected chi connectivity index (χ1v) is 18.2. The summed E-state index contributed by atoms with van der Waals surface area (Å²) in [6.07, 6.45) is 0. The Hall–Kier alpha value is -6.01. The predicted molar refractivity (Wildman–Crippen MR) is 213 cm³/mol. The summed E-state index contributed by atoms with van der Waals surface area (Å²) in [7, 11) is 0. The Bertz CT molecular complexity index is 2800. The average molecular weight is 674 g/mol. The van der Waals surface area contributed by atoms with Crippen molar-refractivity contribution in [3.63, 3.8) is 0 Å². The van der Waals surface area contributed by atoms with Crippen molar-refractivity contribution >= 4 is 63.0 Å². The zero-order chi connectivity index (χ0) is 33.0. The van der Waals surface area contributed by atoms with Crippen molar-refractivity contribution < 1.29 is 0 Å². The number of fused-ring (bicyclic) bond motifs is 6. The third kappa shape index (κ3) is 4.82. The van der Waals surface area contributed by atoms with Crippen LogP contribution < -0.4 is 0 Å². The van der Waals surface area contributed by atoms with E-state index in [0.717, 1.165) is 16.7 Å². The van der Waals surface area contributed by atoms with Crippen molar-refractivity contribution in [1.82, 2.24) is 15.0 Å². The SMILES string of the molecule is c1ccc(-c2cc(-c3cccc4c3sc3cccc(-c5nc(-c6ccccc6)nc(-c6ccccc6)n5)c34)c3c(c2)sc2ccccc23)cc1. The largest absolute Gasteiger partial charge is 0.208 e. The molecule has 0 unspecified atom stereocenters. The second-order valence-electron chi connectivity index (χ2n) is 12.4. The summed E-state index contributed by atoms with van der Waals surface area (Å²) in [6, 6.07) is 57.8. The highest BCUT2D eigenvalue weighted by atomic mass is 32.1. The first-order chi connectivity index (χ1) is 24.8. The number of nitrogens with zero attached hydrogens (tertiary/aromatic N) is 3. The van der Waals surface area contributed by atoms with Gasteiger partial charge in [0.25, 0.3) is 0 Å². The van der Waals surface area contributed by atoms with Crippen molar-refractivity contribution in [2.75, 3.05) is 0 Å². The zero-order valence-corrected chi connectivity index (χ0v) is 28.4. The third-order valence-electron chi connectivity index (χ3n) is 9.34. The van der Waals surface area contributed by atoms with E-state index in [4.69, 9.17) is 15.0 Å². The second kappa shape index (κ2) is 11.8.